The van der Waals surface area contributed by atoms with E-state index in [4.69, 9.17) is 19.4 Å². The van der Waals surface area contributed by atoms with E-state index in [0.29, 0.717) is 17.5 Å². The van der Waals surface area contributed by atoms with Gasteiger partial charge in [0, 0.05) is 0 Å². The molecule has 0 saturated carbocycles. The molecule has 22 heavy (non-hydrogen) atoms. The lowest BCUT2D eigenvalue weighted by atomic mass is 10.3. The van der Waals surface area contributed by atoms with Gasteiger partial charge in [-0.15, -0.1) is 0 Å². The third-order valence-electron chi connectivity index (χ3n) is 2.55. The van der Waals surface area contributed by atoms with Gasteiger partial charge in [-0.2, -0.15) is 0 Å². The van der Waals surface area contributed by atoms with Gasteiger partial charge < -0.3 is 24.1 Å². The zero-order chi connectivity index (χ0) is 15.9. The van der Waals surface area contributed by atoms with Gasteiger partial charge in [-0.05, 0) is 36.7 Å². The number of para-hydroxylation sites is 2. The predicted octanol–water partition coefficient (Wildman–Crippen LogP) is 3.42. The second-order valence-electron chi connectivity index (χ2n) is 4.14. The minimum atomic E-state index is -1.42. The van der Waals surface area contributed by atoms with Crippen LogP contribution in [0.1, 0.15) is 12.8 Å². The highest BCUT2D eigenvalue weighted by molar-refractivity contribution is 7.99. The molecule has 1 aromatic carbocycles. The molecule has 0 radical (unpaired) electrons. The number of rotatable bonds is 7. The molecule has 2 rings (SSSR count). The predicted molar refractivity (Wildman–Crippen MR) is 76.0 cm³/mol. The third-order valence-corrected chi connectivity index (χ3v) is 3.52. The topological polar surface area (TPSA) is 119 Å². The molecular weight excluding hydrogens is 314 g/mol. The number of fused-ring (bicyclic) bond motifs is 1. The second-order valence-corrected chi connectivity index (χ2v) is 5.25. The molecule has 9 heteroatoms. The Morgan fingerprint density at radius 2 is 2.05 bits per heavy atom. The summed E-state index contributed by atoms with van der Waals surface area (Å²) in [5.74, 6) is 0. The Morgan fingerprint density at radius 1 is 1.27 bits per heavy atom. The zero-order valence-corrected chi connectivity index (χ0v) is 12.1. The summed E-state index contributed by atoms with van der Waals surface area (Å²) in [5.41, 5.74) is 0.490. The SMILES string of the molecule is O=C(O)OCCCC(OC(=O)O)Sc1nc2ccccc2o1. The van der Waals surface area contributed by atoms with Crippen molar-refractivity contribution in [3.63, 3.8) is 0 Å². The maximum atomic E-state index is 10.7. The molecule has 0 aliphatic carbocycles. The van der Waals surface area contributed by atoms with Gasteiger partial charge in [0.1, 0.15) is 5.52 Å². The lowest BCUT2D eigenvalue weighted by Gasteiger charge is -2.12. The van der Waals surface area contributed by atoms with Crippen LogP contribution in [0.3, 0.4) is 0 Å². The van der Waals surface area contributed by atoms with Crippen LogP contribution in [0, 0.1) is 0 Å². The second kappa shape index (κ2) is 7.55. The standard InChI is InChI=1S/C13H13NO7S/c15-12(16)19-7-3-6-10(21-13(17)18)22-11-14-8-4-1-2-5-9(8)20-11/h1-2,4-5,10H,3,6-7H2,(H,15,16)(H,17,18). The minimum Gasteiger partial charge on any atom is -0.450 e. The van der Waals surface area contributed by atoms with Crippen molar-refractivity contribution < 1.29 is 33.7 Å². The molecule has 0 amide bonds. The molecule has 0 aliphatic heterocycles. The minimum absolute atomic E-state index is 0.0388. The Kier molecular flexibility index (Phi) is 5.48. The number of aromatic nitrogens is 1. The van der Waals surface area contributed by atoms with Crippen molar-refractivity contribution in [1.29, 1.82) is 0 Å². The van der Waals surface area contributed by atoms with Crippen LogP contribution in [0.4, 0.5) is 9.59 Å². The highest BCUT2D eigenvalue weighted by Gasteiger charge is 2.19. The van der Waals surface area contributed by atoms with Crippen LogP contribution < -0.4 is 0 Å². The van der Waals surface area contributed by atoms with Crippen molar-refractivity contribution in [2.24, 2.45) is 0 Å². The Bertz CT molecular complexity index is 624. The number of carbonyl (C=O) groups is 2. The molecular formula is C13H13NO7S. The first-order valence-electron chi connectivity index (χ1n) is 6.32. The Labute approximate surface area is 129 Å². The number of benzene rings is 1. The van der Waals surface area contributed by atoms with Gasteiger partial charge in [0.05, 0.1) is 6.61 Å². The van der Waals surface area contributed by atoms with Gasteiger partial charge in [-0.3, -0.25) is 0 Å². The highest BCUT2D eigenvalue weighted by atomic mass is 32.2. The first-order chi connectivity index (χ1) is 10.5. The van der Waals surface area contributed by atoms with Gasteiger partial charge in [0.25, 0.3) is 5.22 Å². The lowest BCUT2D eigenvalue weighted by Crippen LogP contribution is -2.14. The molecule has 0 spiro atoms. The maximum absolute atomic E-state index is 10.7. The van der Waals surface area contributed by atoms with Crippen LogP contribution in [0.2, 0.25) is 0 Å². The van der Waals surface area contributed by atoms with Crippen molar-refractivity contribution in [2.45, 2.75) is 23.5 Å². The number of thioether (sulfide) groups is 1. The van der Waals surface area contributed by atoms with E-state index in [1.807, 2.05) is 6.07 Å². The summed E-state index contributed by atoms with van der Waals surface area (Å²) in [6, 6.07) is 7.14. The van der Waals surface area contributed by atoms with E-state index in [1.54, 1.807) is 18.2 Å². The number of hydrogen-bond acceptors (Lipinski definition) is 7. The summed E-state index contributed by atoms with van der Waals surface area (Å²) < 4.78 is 14.6. The van der Waals surface area contributed by atoms with Crippen LogP contribution >= 0.6 is 11.8 Å². The van der Waals surface area contributed by atoms with E-state index in [2.05, 4.69) is 9.72 Å². The molecule has 8 nitrogen and oxygen atoms in total. The normalized spacial score (nSPS) is 12.0. The number of nitrogens with zero attached hydrogens (tertiary/aromatic N) is 1. The quantitative estimate of drug-likeness (QED) is 0.341. The summed E-state index contributed by atoms with van der Waals surface area (Å²) >= 11 is 1.02. The Morgan fingerprint density at radius 3 is 2.73 bits per heavy atom. The van der Waals surface area contributed by atoms with Crippen LogP contribution in [0.15, 0.2) is 33.9 Å². The fourth-order valence-electron chi connectivity index (χ4n) is 1.68. The molecule has 0 saturated heterocycles. The largest absolute Gasteiger partial charge is 0.506 e. The van der Waals surface area contributed by atoms with Gasteiger partial charge in [0.15, 0.2) is 11.0 Å². The van der Waals surface area contributed by atoms with Gasteiger partial charge in [-0.1, -0.05) is 12.1 Å². The first kappa shape index (κ1) is 16.0. The van der Waals surface area contributed by atoms with Crippen molar-refractivity contribution in [2.75, 3.05) is 6.61 Å². The van der Waals surface area contributed by atoms with E-state index in [0.717, 1.165) is 11.8 Å². The molecule has 1 unspecified atom stereocenters. The third kappa shape index (κ3) is 4.85. The zero-order valence-electron chi connectivity index (χ0n) is 11.3. The van der Waals surface area contributed by atoms with E-state index < -0.39 is 17.7 Å². The van der Waals surface area contributed by atoms with Crippen LogP contribution in [-0.2, 0) is 9.47 Å². The van der Waals surface area contributed by atoms with Gasteiger partial charge in [-0.25, -0.2) is 14.6 Å². The highest BCUT2D eigenvalue weighted by Crippen LogP contribution is 2.29. The van der Waals surface area contributed by atoms with E-state index in [9.17, 15) is 9.59 Å². The smallest absolute Gasteiger partial charge is 0.450 e. The summed E-state index contributed by atoms with van der Waals surface area (Å²) in [6.45, 7) is -0.0388. The number of oxazole rings is 1. The van der Waals surface area contributed by atoms with E-state index in [1.165, 1.54) is 0 Å². The number of ether oxygens (including phenoxy) is 2. The molecule has 2 N–H and O–H groups in total. The molecule has 1 atom stereocenters. The molecule has 0 aliphatic rings. The summed E-state index contributed by atoms with van der Waals surface area (Å²) in [5, 5.41) is 17.4. The van der Waals surface area contributed by atoms with Gasteiger partial charge in [0.2, 0.25) is 0 Å². The van der Waals surface area contributed by atoms with E-state index >= 15 is 0 Å². The van der Waals surface area contributed by atoms with Crippen molar-refractivity contribution >= 4 is 35.2 Å². The van der Waals surface area contributed by atoms with Crippen LogP contribution in [-0.4, -0.2) is 39.6 Å². The van der Waals surface area contributed by atoms with Crippen LogP contribution in [0.25, 0.3) is 11.1 Å². The van der Waals surface area contributed by atoms with Crippen molar-refractivity contribution in [3.8, 4) is 0 Å². The average molecular weight is 327 g/mol. The first-order valence-corrected chi connectivity index (χ1v) is 7.20. The molecule has 2 aromatic rings. The number of carboxylic acid groups (broad SMARTS) is 2. The molecule has 0 fully saturated rings. The Balaban J connectivity index is 1.95. The lowest BCUT2D eigenvalue weighted by molar-refractivity contribution is 0.0688. The molecule has 1 aromatic heterocycles. The van der Waals surface area contributed by atoms with Crippen molar-refractivity contribution in [3.05, 3.63) is 24.3 Å². The molecule has 1 heterocycles. The summed E-state index contributed by atoms with van der Waals surface area (Å²) in [6.07, 6.45) is -2.21. The monoisotopic (exact) mass is 327 g/mol. The Hall–Kier alpha value is -2.42. The summed E-state index contributed by atoms with van der Waals surface area (Å²) in [7, 11) is 0. The fourth-order valence-corrected chi connectivity index (χ4v) is 2.61. The maximum Gasteiger partial charge on any atom is 0.506 e. The fraction of sp³-hybridized carbons (Fsp3) is 0.308. The number of hydrogen-bond donors (Lipinski definition) is 2. The van der Waals surface area contributed by atoms with Crippen LogP contribution in [0.5, 0.6) is 0 Å². The van der Waals surface area contributed by atoms with Gasteiger partial charge >= 0.3 is 12.3 Å². The van der Waals surface area contributed by atoms with E-state index in [-0.39, 0.29) is 18.3 Å². The molecule has 0 bridgehead atoms. The van der Waals surface area contributed by atoms with Crippen molar-refractivity contribution in [1.82, 2.24) is 4.98 Å². The molecule has 118 valence electrons. The average Bonchev–Trinajstić information content (AvgIpc) is 2.84. The summed E-state index contributed by atoms with van der Waals surface area (Å²) in [4.78, 5) is 25.1.